The van der Waals surface area contributed by atoms with Crippen LogP contribution in [0.15, 0.2) is 36.7 Å². The largest absolute Gasteiger partial charge is 0.331 e. The van der Waals surface area contributed by atoms with Crippen LogP contribution in [-0.2, 0) is 21.4 Å². The van der Waals surface area contributed by atoms with Gasteiger partial charge in [-0.25, -0.2) is 4.98 Å². The fraction of sp³-hybridized carbons (Fsp3) is 0.409. The van der Waals surface area contributed by atoms with Crippen LogP contribution in [0.5, 0.6) is 0 Å². The summed E-state index contributed by atoms with van der Waals surface area (Å²) in [6, 6.07) is 6.55. The van der Waals surface area contributed by atoms with Crippen molar-refractivity contribution in [2.45, 2.75) is 32.1 Å². The molecule has 156 valence electrons. The maximum absolute atomic E-state index is 12.5. The summed E-state index contributed by atoms with van der Waals surface area (Å²) in [6.45, 7) is 0.103. The Morgan fingerprint density at radius 3 is 2.27 bits per heavy atom. The average Bonchev–Trinajstić information content (AvgIpc) is 3.28. The van der Waals surface area contributed by atoms with Crippen molar-refractivity contribution in [3.8, 4) is 0 Å². The first-order valence-electron chi connectivity index (χ1n) is 10.2. The molecular weight excluding hydrogens is 384 g/mol. The monoisotopic (exact) mass is 408 g/mol. The van der Waals surface area contributed by atoms with Crippen LogP contribution < -0.4 is 5.32 Å². The maximum Gasteiger partial charge on any atom is 0.233 e. The summed E-state index contributed by atoms with van der Waals surface area (Å²) in [4.78, 5) is 55.0. The molecule has 2 atom stereocenters. The zero-order valence-electron chi connectivity index (χ0n) is 16.8. The molecule has 8 heteroatoms. The highest BCUT2D eigenvalue weighted by Crippen LogP contribution is 2.37. The Hall–Kier alpha value is -3.29. The minimum atomic E-state index is -0.284. The zero-order chi connectivity index (χ0) is 21.3. The van der Waals surface area contributed by atoms with Crippen LogP contribution in [0.4, 0.5) is 5.69 Å². The third-order valence-electron chi connectivity index (χ3n) is 5.95. The number of likely N-dealkylation sites (tertiary alicyclic amines) is 1. The highest BCUT2D eigenvalue weighted by Gasteiger charge is 2.47. The van der Waals surface area contributed by atoms with Crippen molar-refractivity contribution in [1.29, 1.82) is 0 Å². The third-order valence-corrected chi connectivity index (χ3v) is 5.95. The van der Waals surface area contributed by atoms with Gasteiger partial charge in [0.2, 0.25) is 23.5 Å². The number of rotatable bonds is 6. The molecular formula is C22H24N4O4. The SMILES string of the molecule is Cn1ccnc1C(=O)c1ccc(NC(=O)CCN2C(=O)[C@H]3CCCC[C@H]3C2=O)cc1. The number of carbonyl (C=O) groups is 4. The Morgan fingerprint density at radius 1 is 1.07 bits per heavy atom. The summed E-state index contributed by atoms with van der Waals surface area (Å²) >= 11 is 0. The number of hydrogen-bond acceptors (Lipinski definition) is 5. The van der Waals surface area contributed by atoms with Gasteiger partial charge in [0.15, 0.2) is 5.82 Å². The van der Waals surface area contributed by atoms with Crippen LogP contribution in [0, 0.1) is 11.8 Å². The summed E-state index contributed by atoms with van der Waals surface area (Å²) in [5.74, 6) is -0.797. The molecule has 0 unspecified atom stereocenters. The van der Waals surface area contributed by atoms with E-state index in [1.165, 1.54) is 4.90 Å². The Balaban J connectivity index is 1.32. The number of carbonyl (C=O) groups excluding carboxylic acids is 4. The number of nitrogens with zero attached hydrogens (tertiary/aromatic N) is 3. The van der Waals surface area contributed by atoms with E-state index < -0.39 is 0 Å². The molecule has 2 aromatic rings. The van der Waals surface area contributed by atoms with Gasteiger partial charge >= 0.3 is 0 Å². The highest BCUT2D eigenvalue weighted by atomic mass is 16.2. The zero-order valence-corrected chi connectivity index (χ0v) is 16.8. The second kappa shape index (κ2) is 8.22. The van der Waals surface area contributed by atoms with Crippen molar-refractivity contribution in [3.63, 3.8) is 0 Å². The first-order chi connectivity index (χ1) is 14.5. The fourth-order valence-electron chi connectivity index (χ4n) is 4.31. The molecule has 1 aliphatic heterocycles. The molecule has 1 aromatic carbocycles. The predicted octanol–water partition coefficient (Wildman–Crippen LogP) is 2.15. The molecule has 30 heavy (non-hydrogen) atoms. The Bertz CT molecular complexity index is 971. The molecule has 1 N–H and O–H groups in total. The third kappa shape index (κ3) is 3.77. The van der Waals surface area contributed by atoms with Crippen LogP contribution >= 0.6 is 0 Å². The van der Waals surface area contributed by atoms with E-state index in [1.54, 1.807) is 48.3 Å². The number of ketones is 1. The van der Waals surface area contributed by atoms with Crippen LogP contribution in [0.25, 0.3) is 0 Å². The second-order valence-corrected chi connectivity index (χ2v) is 7.89. The molecule has 3 amide bonds. The quantitative estimate of drug-likeness (QED) is 0.583. The number of benzene rings is 1. The van der Waals surface area contributed by atoms with Gasteiger partial charge in [-0.2, -0.15) is 0 Å². The van der Waals surface area contributed by atoms with E-state index in [2.05, 4.69) is 10.3 Å². The lowest BCUT2D eigenvalue weighted by Gasteiger charge is -2.19. The standard InChI is InChI=1S/C22H24N4O4/c1-25-13-11-23-20(25)19(28)14-6-8-15(9-7-14)24-18(27)10-12-26-21(29)16-4-2-3-5-17(16)22(26)30/h6-9,11,13,16-17H,2-5,10,12H2,1H3,(H,24,27)/t16-,17+. The molecule has 2 aliphatic rings. The van der Waals surface area contributed by atoms with Crippen molar-refractivity contribution in [1.82, 2.24) is 14.5 Å². The molecule has 2 fully saturated rings. The van der Waals surface area contributed by atoms with Gasteiger partial charge in [-0.05, 0) is 37.1 Å². The molecule has 8 nitrogen and oxygen atoms in total. The molecule has 1 aromatic heterocycles. The first kappa shape index (κ1) is 20.0. The summed E-state index contributed by atoms with van der Waals surface area (Å²) in [7, 11) is 1.75. The molecule has 1 aliphatic carbocycles. The first-order valence-corrected chi connectivity index (χ1v) is 10.2. The molecule has 4 rings (SSSR count). The average molecular weight is 408 g/mol. The number of imide groups is 1. The number of anilines is 1. The lowest BCUT2D eigenvalue weighted by molar-refractivity contribution is -0.140. The van der Waals surface area contributed by atoms with E-state index >= 15 is 0 Å². The molecule has 0 bridgehead atoms. The van der Waals surface area contributed by atoms with Crippen LogP contribution in [0.2, 0.25) is 0 Å². The molecule has 2 heterocycles. The van der Waals surface area contributed by atoms with E-state index in [0.717, 1.165) is 25.7 Å². The second-order valence-electron chi connectivity index (χ2n) is 7.89. The van der Waals surface area contributed by atoms with Gasteiger partial charge < -0.3 is 9.88 Å². The predicted molar refractivity (Wildman–Crippen MR) is 108 cm³/mol. The van der Waals surface area contributed by atoms with Crippen molar-refractivity contribution >= 4 is 29.2 Å². The number of amides is 3. The maximum atomic E-state index is 12.5. The van der Waals surface area contributed by atoms with Gasteiger partial charge in [-0.3, -0.25) is 24.1 Å². The Labute approximate surface area is 174 Å². The van der Waals surface area contributed by atoms with E-state index in [-0.39, 0.29) is 48.3 Å². The number of nitrogens with one attached hydrogen (secondary N) is 1. The number of imidazole rings is 1. The lowest BCUT2D eigenvalue weighted by atomic mass is 9.81. The van der Waals surface area contributed by atoms with E-state index in [4.69, 9.17) is 0 Å². The van der Waals surface area contributed by atoms with Crippen molar-refractivity contribution in [2.24, 2.45) is 18.9 Å². The van der Waals surface area contributed by atoms with Crippen molar-refractivity contribution in [3.05, 3.63) is 48.0 Å². The number of aryl methyl sites for hydroxylation is 1. The highest BCUT2D eigenvalue weighted by molar-refractivity contribution is 6.07. The van der Waals surface area contributed by atoms with Crippen molar-refractivity contribution < 1.29 is 19.2 Å². The number of fused-ring (bicyclic) bond motifs is 1. The van der Waals surface area contributed by atoms with Crippen LogP contribution in [-0.4, -0.2) is 44.5 Å². The molecule has 0 radical (unpaired) electrons. The molecule has 1 saturated carbocycles. The van der Waals surface area contributed by atoms with E-state index in [9.17, 15) is 19.2 Å². The smallest absolute Gasteiger partial charge is 0.233 e. The normalized spacial score (nSPS) is 20.9. The van der Waals surface area contributed by atoms with Crippen LogP contribution in [0.1, 0.15) is 48.3 Å². The van der Waals surface area contributed by atoms with Gasteiger partial charge in [-0.1, -0.05) is 12.8 Å². The summed E-state index contributed by atoms with van der Waals surface area (Å²) in [6.07, 6.45) is 6.80. The minimum Gasteiger partial charge on any atom is -0.331 e. The molecule has 1 saturated heterocycles. The van der Waals surface area contributed by atoms with Gasteiger partial charge in [0.1, 0.15) is 0 Å². The number of aromatic nitrogens is 2. The van der Waals surface area contributed by atoms with Gasteiger partial charge in [0.05, 0.1) is 11.8 Å². The van der Waals surface area contributed by atoms with E-state index in [0.29, 0.717) is 17.1 Å². The van der Waals surface area contributed by atoms with Gasteiger partial charge in [-0.15, -0.1) is 0 Å². The van der Waals surface area contributed by atoms with E-state index in [1.807, 2.05) is 0 Å². The van der Waals surface area contributed by atoms with Gasteiger partial charge in [0.25, 0.3) is 0 Å². The topological polar surface area (TPSA) is 101 Å². The summed E-state index contributed by atoms with van der Waals surface area (Å²) in [5.41, 5.74) is 1.02. The van der Waals surface area contributed by atoms with Crippen LogP contribution in [0.3, 0.4) is 0 Å². The van der Waals surface area contributed by atoms with Gasteiger partial charge in [0, 0.05) is 43.7 Å². The van der Waals surface area contributed by atoms with Crippen molar-refractivity contribution in [2.75, 3.05) is 11.9 Å². The summed E-state index contributed by atoms with van der Waals surface area (Å²) in [5, 5.41) is 2.75. The Kier molecular flexibility index (Phi) is 5.48. The lowest BCUT2D eigenvalue weighted by Crippen LogP contribution is -2.34. The fourth-order valence-corrected chi connectivity index (χ4v) is 4.31. The minimum absolute atomic E-state index is 0.0465. The summed E-state index contributed by atoms with van der Waals surface area (Å²) < 4.78 is 1.65. The number of hydrogen-bond donors (Lipinski definition) is 1. The molecule has 0 spiro atoms. The Morgan fingerprint density at radius 2 is 1.70 bits per heavy atom.